The monoisotopic (exact) mass is 282 g/mol. The predicted molar refractivity (Wildman–Crippen MR) is 72.5 cm³/mol. The van der Waals surface area contributed by atoms with Crippen LogP contribution in [0.15, 0.2) is 18.2 Å². The molecule has 1 aromatic rings. The number of hydrogen-bond acceptors (Lipinski definition) is 3. The summed E-state index contributed by atoms with van der Waals surface area (Å²) < 4.78 is 4.92. The number of nitrogens with zero attached hydrogens (tertiary/aromatic N) is 2. The third-order valence-corrected chi connectivity index (χ3v) is 3.42. The molecule has 0 unspecified atom stereocenters. The molecule has 0 saturated carbocycles. The third kappa shape index (κ3) is 2.72. The summed E-state index contributed by atoms with van der Waals surface area (Å²) in [5.74, 6) is -0.249. The first-order valence-corrected chi connectivity index (χ1v) is 6.29. The van der Waals surface area contributed by atoms with Crippen LogP contribution in [0.5, 0.6) is 0 Å². The van der Waals surface area contributed by atoms with Crippen LogP contribution in [0.2, 0.25) is 5.02 Å². The number of hydrogen-bond donors (Lipinski definition) is 0. The summed E-state index contributed by atoms with van der Waals surface area (Å²) >= 11 is 6.02. The summed E-state index contributed by atoms with van der Waals surface area (Å²) in [6.45, 7) is 2.75. The van der Waals surface area contributed by atoms with Gasteiger partial charge in [0.1, 0.15) is 6.54 Å². The van der Waals surface area contributed by atoms with E-state index in [2.05, 4.69) is 0 Å². The molecule has 0 bridgehead atoms. The summed E-state index contributed by atoms with van der Waals surface area (Å²) in [6, 6.07) is 4.81. The quantitative estimate of drug-likeness (QED) is 0.794. The normalized spacial score (nSPS) is 15.5. The van der Waals surface area contributed by atoms with Crippen molar-refractivity contribution < 1.29 is 14.3 Å². The van der Waals surface area contributed by atoms with Crippen LogP contribution in [0.4, 0.5) is 10.5 Å². The van der Waals surface area contributed by atoms with E-state index in [0.717, 1.165) is 10.5 Å². The average Bonchev–Trinajstić information content (AvgIpc) is 2.65. The van der Waals surface area contributed by atoms with Gasteiger partial charge >= 0.3 is 6.03 Å². The molecule has 1 aliphatic rings. The zero-order valence-corrected chi connectivity index (χ0v) is 11.6. The Morgan fingerprint density at radius 1 is 1.37 bits per heavy atom. The lowest BCUT2D eigenvalue weighted by Gasteiger charge is -2.17. The van der Waals surface area contributed by atoms with Gasteiger partial charge in [-0.15, -0.1) is 0 Å². The van der Waals surface area contributed by atoms with Crippen molar-refractivity contribution in [3.63, 3.8) is 0 Å². The standard InChI is InChI=1S/C13H15ClN2O3/c1-9-3-4-10(7-11(9)14)16-12(17)8-15(13(16)18)5-6-19-2/h3-4,7H,5-6,8H2,1-2H3. The Labute approximate surface area is 116 Å². The van der Waals surface area contributed by atoms with Gasteiger partial charge in [-0.05, 0) is 24.6 Å². The van der Waals surface area contributed by atoms with Crippen LogP contribution in [-0.4, -0.2) is 43.6 Å². The summed E-state index contributed by atoms with van der Waals surface area (Å²) in [5, 5.41) is 0.536. The molecule has 2 rings (SSSR count). The fourth-order valence-corrected chi connectivity index (χ4v) is 2.08. The van der Waals surface area contributed by atoms with Gasteiger partial charge in [0.15, 0.2) is 0 Å². The van der Waals surface area contributed by atoms with E-state index >= 15 is 0 Å². The summed E-state index contributed by atoms with van der Waals surface area (Å²) in [5.41, 5.74) is 1.41. The molecule has 0 N–H and O–H groups in total. The van der Waals surface area contributed by atoms with Gasteiger partial charge in [-0.3, -0.25) is 4.79 Å². The van der Waals surface area contributed by atoms with Crippen molar-refractivity contribution in [3.05, 3.63) is 28.8 Å². The molecule has 19 heavy (non-hydrogen) atoms. The van der Waals surface area contributed by atoms with E-state index in [1.54, 1.807) is 25.3 Å². The summed E-state index contributed by atoms with van der Waals surface area (Å²) in [7, 11) is 1.56. The molecule has 0 radical (unpaired) electrons. The summed E-state index contributed by atoms with van der Waals surface area (Å²) in [4.78, 5) is 26.7. The molecule has 1 heterocycles. The van der Waals surface area contributed by atoms with Crippen molar-refractivity contribution in [1.82, 2.24) is 4.90 Å². The Balaban J connectivity index is 2.22. The van der Waals surface area contributed by atoms with E-state index < -0.39 is 0 Å². The number of urea groups is 1. The number of rotatable bonds is 4. The van der Waals surface area contributed by atoms with Gasteiger partial charge in [0.05, 0.1) is 12.3 Å². The lowest BCUT2D eigenvalue weighted by Crippen LogP contribution is -2.34. The zero-order valence-electron chi connectivity index (χ0n) is 10.9. The first-order valence-electron chi connectivity index (χ1n) is 5.91. The Kier molecular flexibility index (Phi) is 4.07. The number of anilines is 1. The van der Waals surface area contributed by atoms with E-state index in [9.17, 15) is 9.59 Å². The van der Waals surface area contributed by atoms with Crippen molar-refractivity contribution in [1.29, 1.82) is 0 Å². The fourth-order valence-electron chi connectivity index (χ4n) is 1.90. The highest BCUT2D eigenvalue weighted by atomic mass is 35.5. The third-order valence-electron chi connectivity index (χ3n) is 3.02. The van der Waals surface area contributed by atoms with E-state index in [1.165, 1.54) is 4.90 Å². The van der Waals surface area contributed by atoms with Crippen molar-refractivity contribution in [2.45, 2.75) is 6.92 Å². The predicted octanol–water partition coefficient (Wildman–Crippen LogP) is 2.06. The van der Waals surface area contributed by atoms with Gasteiger partial charge in [0.25, 0.3) is 5.91 Å². The van der Waals surface area contributed by atoms with Gasteiger partial charge in [-0.1, -0.05) is 17.7 Å². The van der Waals surface area contributed by atoms with E-state index in [-0.39, 0.29) is 18.5 Å². The number of halogens is 1. The van der Waals surface area contributed by atoms with Gasteiger partial charge in [-0.25, -0.2) is 9.69 Å². The van der Waals surface area contributed by atoms with Crippen LogP contribution < -0.4 is 4.90 Å². The van der Waals surface area contributed by atoms with Crippen molar-refractivity contribution >= 4 is 29.2 Å². The van der Waals surface area contributed by atoms with Crippen LogP contribution in [0.3, 0.4) is 0 Å². The molecule has 0 aliphatic carbocycles. The minimum Gasteiger partial charge on any atom is -0.383 e. The first kappa shape index (κ1) is 13.8. The second kappa shape index (κ2) is 5.59. The molecule has 1 aromatic carbocycles. The molecule has 5 nitrogen and oxygen atoms in total. The molecule has 102 valence electrons. The fraction of sp³-hybridized carbons (Fsp3) is 0.385. The van der Waals surface area contributed by atoms with Crippen LogP contribution in [0.25, 0.3) is 0 Å². The topological polar surface area (TPSA) is 49.9 Å². The van der Waals surface area contributed by atoms with Crippen LogP contribution in [-0.2, 0) is 9.53 Å². The minimum atomic E-state index is -0.332. The highest BCUT2D eigenvalue weighted by Gasteiger charge is 2.36. The first-order chi connectivity index (χ1) is 9.04. The highest BCUT2D eigenvalue weighted by Crippen LogP contribution is 2.26. The van der Waals surface area contributed by atoms with Crippen molar-refractivity contribution in [2.75, 3.05) is 31.7 Å². The Morgan fingerprint density at radius 2 is 2.11 bits per heavy atom. The molecule has 1 saturated heterocycles. The highest BCUT2D eigenvalue weighted by molar-refractivity contribution is 6.32. The Morgan fingerprint density at radius 3 is 2.74 bits per heavy atom. The lowest BCUT2D eigenvalue weighted by molar-refractivity contribution is -0.116. The molecule has 0 spiro atoms. The average molecular weight is 283 g/mol. The van der Waals surface area contributed by atoms with Gasteiger partial charge in [0, 0.05) is 18.7 Å². The molecule has 6 heteroatoms. The SMILES string of the molecule is COCCN1CC(=O)N(c2ccc(C)c(Cl)c2)C1=O. The molecule has 1 aliphatic heterocycles. The molecular weight excluding hydrogens is 268 g/mol. The largest absolute Gasteiger partial charge is 0.383 e. The van der Waals surface area contributed by atoms with Gasteiger partial charge in [0.2, 0.25) is 0 Å². The van der Waals surface area contributed by atoms with Crippen molar-refractivity contribution in [3.8, 4) is 0 Å². The molecule has 0 aromatic heterocycles. The van der Waals surface area contributed by atoms with E-state index in [0.29, 0.717) is 23.9 Å². The second-order valence-corrected chi connectivity index (χ2v) is 4.77. The number of methoxy groups -OCH3 is 1. The summed E-state index contributed by atoms with van der Waals surface area (Å²) in [6.07, 6.45) is 0. The number of benzene rings is 1. The van der Waals surface area contributed by atoms with Crippen LogP contribution >= 0.6 is 11.6 Å². The smallest absolute Gasteiger partial charge is 0.331 e. The molecular formula is C13H15ClN2O3. The lowest BCUT2D eigenvalue weighted by atomic mass is 10.2. The minimum absolute atomic E-state index is 0.0771. The van der Waals surface area contributed by atoms with Gasteiger partial charge in [-0.2, -0.15) is 0 Å². The van der Waals surface area contributed by atoms with E-state index in [1.807, 2.05) is 6.92 Å². The Hall–Kier alpha value is -1.59. The molecule has 0 atom stereocenters. The number of aryl methyl sites for hydroxylation is 1. The number of carbonyl (C=O) groups excluding carboxylic acids is 2. The number of ether oxygens (including phenoxy) is 1. The second-order valence-electron chi connectivity index (χ2n) is 4.36. The van der Waals surface area contributed by atoms with Crippen molar-refractivity contribution in [2.24, 2.45) is 0 Å². The van der Waals surface area contributed by atoms with Crippen LogP contribution in [0, 0.1) is 6.92 Å². The molecule has 1 fully saturated rings. The zero-order chi connectivity index (χ0) is 14.0. The number of amides is 3. The maximum absolute atomic E-state index is 12.2. The van der Waals surface area contributed by atoms with Gasteiger partial charge < -0.3 is 9.64 Å². The number of imide groups is 1. The Bertz CT molecular complexity index is 519. The maximum Gasteiger partial charge on any atom is 0.331 e. The molecule has 3 amide bonds. The van der Waals surface area contributed by atoms with E-state index in [4.69, 9.17) is 16.3 Å². The maximum atomic E-state index is 12.2. The number of carbonyl (C=O) groups is 2. The van der Waals surface area contributed by atoms with Crippen LogP contribution in [0.1, 0.15) is 5.56 Å².